The van der Waals surface area contributed by atoms with E-state index in [1.54, 1.807) is 16.8 Å². The average molecular weight is 1890 g/mol. The van der Waals surface area contributed by atoms with Crippen LogP contribution in [-0.2, 0) is 85.7 Å². The molecule has 0 aliphatic carbocycles. The van der Waals surface area contributed by atoms with Crippen LogP contribution in [0.3, 0.4) is 0 Å². The molecule has 0 unspecified atom stereocenters. The number of aromatic nitrogens is 6. The minimum Gasteiger partial charge on any atom is -1.00 e. The minimum atomic E-state index is -0.132. The number of aryl methyl sites for hydroxylation is 11. The van der Waals surface area contributed by atoms with Crippen molar-refractivity contribution in [2.45, 2.75) is 138 Å². The van der Waals surface area contributed by atoms with E-state index < -0.39 is 0 Å². The highest BCUT2D eigenvalue weighted by atomic mass is 79.9. The Hall–Kier alpha value is -11.0. The molecule has 6 amide bonds. The summed E-state index contributed by atoms with van der Waals surface area (Å²) in [6, 6.07) is 71.5. The van der Waals surface area contributed by atoms with Gasteiger partial charge in [0.25, 0.3) is 34.7 Å². The van der Waals surface area contributed by atoms with Crippen LogP contribution in [0.5, 0.6) is 0 Å². The maximum atomic E-state index is 12.4. The van der Waals surface area contributed by atoms with Crippen LogP contribution < -0.4 is 138 Å². The maximum Gasteiger partial charge on any atom is 0.276 e. The summed E-state index contributed by atoms with van der Waals surface area (Å²) in [7, 11) is 11.7. The summed E-state index contributed by atoms with van der Waals surface area (Å²) >= 11 is 5.99. The van der Waals surface area contributed by atoms with Crippen LogP contribution in [0.4, 0.5) is 28.4 Å². The SMILES string of the molecule is C.C.C.C.C.C.CCCC(=O)Nc1cc[n+](C)cc1.CCc1ccc(C(=O)NCc2ccc[n+](C)c2)cc1.CCc1ccc(C(=O)Nc2cc[n+](C)c(Cl)c2)cc1.CCc1ccc(C(=O)Nc2cccc3c2ccc[n+]3C)cc1.CCc1ccc(C(=O)Nc2cccc3c[n+](C)ccc23)cc1.CCc1cccc(C(=O)Nc2ccc[n+](C)c2)c1.[Br-].[Cl-].[Cl-].[Cl-].[Cl-].[Cl-]. The van der Waals surface area contributed by atoms with Gasteiger partial charge < -0.3 is 111 Å². The van der Waals surface area contributed by atoms with Crippen molar-refractivity contribution in [1.82, 2.24) is 5.32 Å². The fourth-order valence-corrected chi connectivity index (χ4v) is 11.8. The molecular weight excluding hydrogens is 1760 g/mol. The van der Waals surface area contributed by atoms with Crippen molar-refractivity contribution >= 4 is 97.2 Å². The topological polar surface area (TPSA) is 198 Å². The van der Waals surface area contributed by atoms with Gasteiger partial charge in [0, 0.05) is 117 Å². The lowest BCUT2D eigenvalue weighted by Gasteiger charge is -2.08. The van der Waals surface area contributed by atoms with E-state index in [-0.39, 0.29) is 159 Å². The van der Waals surface area contributed by atoms with E-state index in [0.29, 0.717) is 51.6 Å². The summed E-state index contributed by atoms with van der Waals surface area (Å²) in [5, 5.41) is 21.2. The summed E-state index contributed by atoms with van der Waals surface area (Å²) in [6.07, 6.45) is 25.7. The molecule has 0 radical (unpaired) electrons. The van der Waals surface area contributed by atoms with Crippen LogP contribution >= 0.6 is 11.6 Å². The van der Waals surface area contributed by atoms with Crippen LogP contribution in [0, 0.1) is 0 Å². The molecule has 13 rings (SSSR count). The van der Waals surface area contributed by atoms with E-state index in [2.05, 4.69) is 66.5 Å². The fraction of sp³-hybridized carbons (Fsp3) is 0.260. The van der Waals surface area contributed by atoms with Crippen molar-refractivity contribution in [3.63, 3.8) is 0 Å². The Morgan fingerprint density at radius 2 is 0.720 bits per heavy atom. The first-order chi connectivity index (χ1) is 54.5. The number of hydrogen-bond acceptors (Lipinski definition) is 6. The third-order valence-corrected chi connectivity index (χ3v) is 18.7. The first-order valence-corrected chi connectivity index (χ1v) is 38.5. The third kappa shape index (κ3) is 39.8. The summed E-state index contributed by atoms with van der Waals surface area (Å²) in [5.74, 6) is -0.320. The molecular formula is C100H129BrCl6N12O6. The molecule has 0 aliphatic heterocycles. The monoisotopic (exact) mass is 1880 g/mol. The molecule has 25 heteroatoms. The predicted molar refractivity (Wildman–Crippen MR) is 492 cm³/mol. The Morgan fingerprint density at radius 1 is 0.312 bits per heavy atom. The number of anilines is 5. The van der Waals surface area contributed by atoms with Gasteiger partial charge in [0.2, 0.25) is 11.4 Å². The van der Waals surface area contributed by atoms with Crippen LogP contribution in [-0.4, -0.2) is 35.4 Å². The number of pyridine rings is 6. The molecule has 0 aliphatic rings. The van der Waals surface area contributed by atoms with Gasteiger partial charge in [-0.15, -0.1) is 0 Å². The van der Waals surface area contributed by atoms with Gasteiger partial charge in [-0.3, -0.25) is 28.8 Å². The third-order valence-electron chi connectivity index (χ3n) is 18.3. The number of nitrogens with zero attached hydrogens (tertiary/aromatic N) is 6. The highest BCUT2D eigenvalue weighted by molar-refractivity contribution is 6.28. The normalized spacial score (nSPS) is 9.32. The standard InChI is InChI=1S/2C19H18N2O.C16H18N2O.C15H15ClN2O.C15H16N2O.C10H14N2O.6CH4.BrH.5ClH/c1-3-14-9-11-15(12-10-14)19(22)20-17-7-4-8-18-16(17)6-5-13-21(18)2;1-3-14-7-9-15(10-8-14)19(22)20-18-6-4-5-16-13-21(2)12-11-17(16)18;1-3-13-6-8-15(9-7-13)16(19)17-11-14-5-4-10-18(2)12-14;1-3-11-4-6-12(7-5-11)15(19)17-13-8-9-18(2)14(16)10-13;1-3-12-6-4-7-13(10-12)15(18)16-14-8-5-9-17(2)11-14;1-3-4-10(13)11-9-5-7-12(2)8-6-9;;;;;;;;;;;;/h2*4-13H,3H2,1-2H3;4-10,12H,3,11H2,1-2H3;4-10H,3H2,1-2H3;4-11H,3H2,1-2H3;5-8H,3-4H2,1-2H3;6*1H4;6*1H. The Kier molecular flexibility index (Phi) is 62.6. The number of halogens is 7. The van der Waals surface area contributed by atoms with Crippen LogP contribution in [0.25, 0.3) is 21.7 Å². The second kappa shape index (κ2) is 63.8. The van der Waals surface area contributed by atoms with Gasteiger partial charge in [0.05, 0.1) is 22.4 Å². The molecule has 7 aromatic carbocycles. The highest BCUT2D eigenvalue weighted by Crippen LogP contribution is 2.25. The van der Waals surface area contributed by atoms with Crippen molar-refractivity contribution in [2.24, 2.45) is 42.3 Å². The van der Waals surface area contributed by atoms with E-state index in [9.17, 15) is 28.8 Å². The molecule has 18 nitrogen and oxygen atoms in total. The second-order valence-electron chi connectivity index (χ2n) is 27.1. The fourth-order valence-electron chi connectivity index (χ4n) is 11.6. The van der Waals surface area contributed by atoms with Gasteiger partial charge in [0.1, 0.15) is 48.0 Å². The number of rotatable bonds is 19. The number of nitrogens with one attached hydrogen (secondary N) is 6. The molecule has 0 fully saturated rings. The van der Waals surface area contributed by atoms with Gasteiger partial charge >= 0.3 is 0 Å². The zero-order chi connectivity index (χ0) is 81.2. The van der Waals surface area contributed by atoms with Crippen molar-refractivity contribution in [2.75, 3.05) is 26.6 Å². The second-order valence-corrected chi connectivity index (χ2v) is 27.5. The number of hydrogen-bond donors (Lipinski definition) is 6. The molecule has 125 heavy (non-hydrogen) atoms. The quantitative estimate of drug-likeness (QED) is 0.0523. The van der Waals surface area contributed by atoms with E-state index in [1.807, 2.05) is 346 Å². The highest BCUT2D eigenvalue weighted by Gasteiger charge is 2.16. The van der Waals surface area contributed by atoms with Gasteiger partial charge in [-0.25, -0.2) is 22.8 Å². The Morgan fingerprint density at radius 3 is 1.20 bits per heavy atom. The summed E-state index contributed by atoms with van der Waals surface area (Å²) in [6.45, 7) is 13.0. The Bertz CT molecular complexity index is 5370. The van der Waals surface area contributed by atoms with E-state index in [1.165, 1.54) is 27.8 Å². The zero-order valence-corrected chi connectivity index (χ0v) is 75.2. The first-order valence-electron chi connectivity index (χ1n) is 38.1. The van der Waals surface area contributed by atoms with Crippen LogP contribution in [0.2, 0.25) is 5.15 Å². The number of fused-ring (bicyclic) bond motifs is 2. The van der Waals surface area contributed by atoms with E-state index in [4.69, 9.17) is 11.6 Å². The minimum absolute atomic E-state index is 0. The van der Waals surface area contributed by atoms with Gasteiger partial charge in [0.15, 0.2) is 62.0 Å². The van der Waals surface area contributed by atoms with Crippen LogP contribution in [0.1, 0.15) is 184 Å². The largest absolute Gasteiger partial charge is 1.00 e. The summed E-state index contributed by atoms with van der Waals surface area (Å²) in [4.78, 5) is 72.1. The first kappa shape index (κ1) is 123. The molecule has 0 spiro atoms. The van der Waals surface area contributed by atoms with Crippen molar-refractivity contribution < 1.29 is 135 Å². The van der Waals surface area contributed by atoms with E-state index in [0.717, 1.165) is 88.5 Å². The van der Waals surface area contributed by atoms with Crippen molar-refractivity contribution in [3.8, 4) is 0 Å². The molecule has 0 saturated carbocycles. The lowest BCUT2D eigenvalue weighted by Crippen LogP contribution is -3.00. The summed E-state index contributed by atoms with van der Waals surface area (Å²) < 4.78 is 11.6. The summed E-state index contributed by atoms with van der Waals surface area (Å²) in [5.41, 5.74) is 15.7. The Balaban J connectivity index is -0.000000455. The van der Waals surface area contributed by atoms with Crippen molar-refractivity contribution in [1.29, 1.82) is 0 Å². The van der Waals surface area contributed by atoms with Gasteiger partial charge in [-0.1, -0.05) is 159 Å². The smallest absolute Gasteiger partial charge is 0.276 e. The van der Waals surface area contributed by atoms with Gasteiger partial charge in [-0.05, 0) is 175 Å². The number of carbonyl (C=O) groups excluding carboxylic acids is 6. The molecule has 674 valence electrons. The molecule has 0 saturated heterocycles. The molecule has 6 aromatic heterocycles. The number of amides is 6. The molecule has 0 bridgehead atoms. The lowest BCUT2D eigenvalue weighted by atomic mass is 10.1. The Labute approximate surface area is 791 Å². The lowest BCUT2D eigenvalue weighted by molar-refractivity contribution is -0.672. The van der Waals surface area contributed by atoms with Crippen molar-refractivity contribution in [3.05, 3.63) is 353 Å². The predicted octanol–water partition coefficient (Wildman–Crippen LogP) is 1.36. The van der Waals surface area contributed by atoms with Crippen LogP contribution in [0.15, 0.2) is 286 Å². The zero-order valence-electron chi connectivity index (χ0n) is 69.1. The van der Waals surface area contributed by atoms with E-state index >= 15 is 0 Å². The number of carbonyl (C=O) groups is 6. The molecule has 6 N–H and O–H groups in total. The van der Waals surface area contributed by atoms with Gasteiger partial charge in [-0.2, -0.15) is 4.57 Å². The average Bonchev–Trinajstić information content (AvgIpc) is 0.809. The maximum absolute atomic E-state index is 12.4. The molecule has 0 atom stereocenters. The molecule has 13 aromatic rings. The number of benzene rings is 7. The molecule has 6 heterocycles.